The molecule has 1 fully saturated rings. The number of ether oxygens (including phenoxy) is 2. The summed E-state index contributed by atoms with van der Waals surface area (Å²) in [5, 5.41) is 0.857. The number of furan rings is 1. The summed E-state index contributed by atoms with van der Waals surface area (Å²) in [6, 6.07) is 12.4. The normalized spacial score (nSPS) is 14.9. The lowest BCUT2D eigenvalue weighted by atomic mass is 10.1. The highest BCUT2D eigenvalue weighted by Crippen LogP contribution is 2.35. The molecule has 4 rings (SSSR count). The first-order valence-electron chi connectivity index (χ1n) is 9.67. The van der Waals surface area contributed by atoms with Crippen LogP contribution < -0.4 is 9.47 Å². The lowest BCUT2D eigenvalue weighted by Crippen LogP contribution is -2.27. The molecule has 0 aliphatic carbocycles. The molecular formula is C24H19NO5S2. The number of thioether (sulfide) groups is 1. The highest BCUT2D eigenvalue weighted by molar-refractivity contribution is 8.26. The number of para-hydroxylation sites is 1. The average molecular weight is 466 g/mol. The maximum Gasteiger partial charge on any atom is 0.380 e. The number of amides is 1. The maximum atomic E-state index is 12.8. The van der Waals surface area contributed by atoms with Crippen LogP contribution in [0, 0.1) is 6.92 Å². The van der Waals surface area contributed by atoms with Crippen molar-refractivity contribution in [2.75, 3.05) is 13.7 Å². The first-order valence-corrected chi connectivity index (χ1v) is 10.9. The minimum absolute atomic E-state index is 0.142. The number of fused-ring (bicyclic) bond motifs is 1. The predicted molar refractivity (Wildman–Crippen MR) is 129 cm³/mol. The Bertz CT molecular complexity index is 1290. The number of aryl methyl sites for hydroxylation is 1. The molecule has 1 aliphatic rings. The van der Waals surface area contributed by atoms with E-state index in [0.29, 0.717) is 38.2 Å². The molecule has 1 saturated heterocycles. The van der Waals surface area contributed by atoms with Crippen molar-refractivity contribution in [3.05, 3.63) is 76.9 Å². The summed E-state index contributed by atoms with van der Waals surface area (Å²) < 4.78 is 17.1. The van der Waals surface area contributed by atoms with Crippen LogP contribution in [0.15, 0.2) is 64.4 Å². The topological polar surface area (TPSA) is 69.0 Å². The molecule has 1 aliphatic heterocycles. The fourth-order valence-electron chi connectivity index (χ4n) is 3.31. The monoisotopic (exact) mass is 465 g/mol. The standard InChI is InChI=1S/C24H19NO5S2/c1-4-11-25-22(26)20(32-24(25)31)13-15-9-10-18(19(12-15)28-3)30-23(27)21-14(2)16-7-5-6-8-17(16)29-21/h4-10,12-13H,1,11H2,2-3H3. The molecule has 162 valence electrons. The molecule has 8 heteroatoms. The third-order valence-electron chi connectivity index (χ3n) is 4.90. The number of rotatable bonds is 6. The molecule has 3 aromatic rings. The summed E-state index contributed by atoms with van der Waals surface area (Å²) in [6.07, 6.45) is 3.35. The fraction of sp³-hybridized carbons (Fsp3) is 0.125. The maximum absolute atomic E-state index is 12.8. The molecule has 32 heavy (non-hydrogen) atoms. The number of hydrogen-bond acceptors (Lipinski definition) is 7. The lowest BCUT2D eigenvalue weighted by Gasteiger charge is -2.10. The minimum Gasteiger partial charge on any atom is -0.493 e. The van der Waals surface area contributed by atoms with Crippen molar-refractivity contribution in [1.29, 1.82) is 0 Å². The van der Waals surface area contributed by atoms with Crippen LogP contribution in [0.5, 0.6) is 11.5 Å². The molecule has 6 nitrogen and oxygen atoms in total. The summed E-state index contributed by atoms with van der Waals surface area (Å²) in [4.78, 5) is 27.3. The Balaban J connectivity index is 1.58. The van der Waals surface area contributed by atoms with Gasteiger partial charge in [-0.1, -0.05) is 54.3 Å². The number of carbonyl (C=O) groups excluding carboxylic acids is 2. The Morgan fingerprint density at radius 2 is 2.03 bits per heavy atom. The van der Waals surface area contributed by atoms with Crippen LogP contribution in [0.2, 0.25) is 0 Å². The van der Waals surface area contributed by atoms with Gasteiger partial charge in [-0.2, -0.15) is 0 Å². The van der Waals surface area contributed by atoms with E-state index in [9.17, 15) is 9.59 Å². The van der Waals surface area contributed by atoms with E-state index in [0.717, 1.165) is 5.39 Å². The van der Waals surface area contributed by atoms with Crippen LogP contribution in [0.4, 0.5) is 0 Å². The second-order valence-corrected chi connectivity index (χ2v) is 8.61. The Kier molecular flexibility index (Phi) is 6.16. The van der Waals surface area contributed by atoms with Gasteiger partial charge in [0.25, 0.3) is 5.91 Å². The van der Waals surface area contributed by atoms with Crippen LogP contribution in [0.1, 0.15) is 21.7 Å². The zero-order valence-corrected chi connectivity index (χ0v) is 19.0. The van der Waals surface area contributed by atoms with Crippen molar-refractivity contribution in [2.24, 2.45) is 0 Å². The van der Waals surface area contributed by atoms with E-state index < -0.39 is 5.97 Å². The smallest absolute Gasteiger partial charge is 0.380 e. The van der Waals surface area contributed by atoms with Gasteiger partial charge in [0.05, 0.1) is 12.0 Å². The molecule has 0 radical (unpaired) electrons. The summed E-state index contributed by atoms with van der Waals surface area (Å²) in [6.45, 7) is 5.82. The van der Waals surface area contributed by atoms with Gasteiger partial charge in [0.2, 0.25) is 5.76 Å². The molecule has 1 aromatic heterocycles. The zero-order valence-electron chi connectivity index (χ0n) is 17.4. The molecule has 0 unspecified atom stereocenters. The first kappa shape index (κ1) is 21.9. The Morgan fingerprint density at radius 3 is 2.75 bits per heavy atom. The van der Waals surface area contributed by atoms with Crippen LogP contribution in [0.3, 0.4) is 0 Å². The van der Waals surface area contributed by atoms with E-state index in [1.807, 2.05) is 25.1 Å². The van der Waals surface area contributed by atoms with E-state index in [1.54, 1.807) is 36.4 Å². The van der Waals surface area contributed by atoms with E-state index >= 15 is 0 Å². The average Bonchev–Trinajstić information content (AvgIpc) is 3.26. The second-order valence-electron chi connectivity index (χ2n) is 6.93. The summed E-state index contributed by atoms with van der Waals surface area (Å²) in [5.74, 6) is -0.0517. The van der Waals surface area contributed by atoms with Gasteiger partial charge in [0.15, 0.2) is 11.5 Å². The van der Waals surface area contributed by atoms with Crippen molar-refractivity contribution < 1.29 is 23.5 Å². The quantitative estimate of drug-likeness (QED) is 0.160. The van der Waals surface area contributed by atoms with Crippen molar-refractivity contribution in [3.63, 3.8) is 0 Å². The number of benzene rings is 2. The van der Waals surface area contributed by atoms with Gasteiger partial charge >= 0.3 is 5.97 Å². The summed E-state index contributed by atoms with van der Waals surface area (Å²) in [5.41, 5.74) is 2.04. The van der Waals surface area contributed by atoms with Crippen LogP contribution >= 0.6 is 24.0 Å². The van der Waals surface area contributed by atoms with E-state index in [1.165, 1.54) is 23.8 Å². The molecule has 0 spiro atoms. The largest absolute Gasteiger partial charge is 0.493 e. The van der Waals surface area contributed by atoms with Gasteiger partial charge in [-0.05, 0) is 36.8 Å². The molecule has 0 saturated carbocycles. The first-order chi connectivity index (χ1) is 15.4. The molecular weight excluding hydrogens is 446 g/mol. The molecule has 0 bridgehead atoms. The number of hydrogen-bond donors (Lipinski definition) is 0. The second kappa shape index (κ2) is 9.02. The minimum atomic E-state index is -0.616. The van der Waals surface area contributed by atoms with Gasteiger partial charge in [0, 0.05) is 17.5 Å². The van der Waals surface area contributed by atoms with Crippen molar-refractivity contribution in [2.45, 2.75) is 6.92 Å². The number of esters is 1. The van der Waals surface area contributed by atoms with Gasteiger partial charge in [-0.25, -0.2) is 4.79 Å². The van der Waals surface area contributed by atoms with Crippen molar-refractivity contribution in [3.8, 4) is 11.5 Å². The molecule has 0 atom stereocenters. The van der Waals surface area contributed by atoms with Crippen LogP contribution in [-0.4, -0.2) is 34.8 Å². The highest BCUT2D eigenvalue weighted by Gasteiger charge is 2.31. The number of carbonyl (C=O) groups is 2. The van der Waals surface area contributed by atoms with E-state index in [4.69, 9.17) is 26.1 Å². The Hall–Kier alpha value is -3.36. The number of thiocarbonyl (C=S) groups is 1. The predicted octanol–water partition coefficient (Wildman–Crippen LogP) is 5.36. The lowest BCUT2D eigenvalue weighted by molar-refractivity contribution is -0.121. The summed E-state index contributed by atoms with van der Waals surface area (Å²) in [7, 11) is 1.48. The highest BCUT2D eigenvalue weighted by atomic mass is 32.2. The van der Waals surface area contributed by atoms with Gasteiger partial charge in [-0.15, -0.1) is 6.58 Å². The molecule has 2 aromatic carbocycles. The molecule has 1 amide bonds. The molecule has 2 heterocycles. The van der Waals surface area contributed by atoms with Crippen LogP contribution in [-0.2, 0) is 4.79 Å². The number of methoxy groups -OCH3 is 1. The van der Waals surface area contributed by atoms with Gasteiger partial charge in [-0.3, -0.25) is 9.69 Å². The van der Waals surface area contributed by atoms with Gasteiger partial charge in [0.1, 0.15) is 9.90 Å². The Labute approximate surface area is 194 Å². The Morgan fingerprint density at radius 1 is 1.25 bits per heavy atom. The zero-order chi connectivity index (χ0) is 22.8. The fourth-order valence-corrected chi connectivity index (χ4v) is 4.59. The van der Waals surface area contributed by atoms with Gasteiger partial charge < -0.3 is 13.9 Å². The summed E-state index contributed by atoms with van der Waals surface area (Å²) >= 11 is 6.49. The third kappa shape index (κ3) is 4.06. The van der Waals surface area contributed by atoms with E-state index in [2.05, 4.69) is 6.58 Å². The van der Waals surface area contributed by atoms with E-state index in [-0.39, 0.29) is 17.4 Å². The van der Waals surface area contributed by atoms with Crippen LogP contribution in [0.25, 0.3) is 17.0 Å². The third-order valence-corrected chi connectivity index (χ3v) is 6.28. The van der Waals surface area contributed by atoms with Crippen molar-refractivity contribution >= 4 is 57.2 Å². The molecule has 0 N–H and O–H groups in total. The SMILES string of the molecule is C=CCN1C(=O)C(=Cc2ccc(OC(=O)c3oc4ccccc4c3C)c(OC)c2)SC1=S. The number of nitrogens with zero attached hydrogens (tertiary/aromatic N) is 1. The van der Waals surface area contributed by atoms with Crippen molar-refractivity contribution in [1.82, 2.24) is 4.90 Å².